The first-order valence-electron chi connectivity index (χ1n) is 10.7. The lowest BCUT2D eigenvalue weighted by molar-refractivity contribution is -0.00853. The van der Waals surface area contributed by atoms with Crippen LogP contribution in [0, 0.1) is 6.92 Å². The van der Waals surface area contributed by atoms with Crippen LogP contribution >= 0.6 is 0 Å². The number of hydrogen-bond donors (Lipinski definition) is 2. The highest BCUT2D eigenvalue weighted by Crippen LogP contribution is 2.43. The monoisotopic (exact) mass is 443 g/mol. The van der Waals surface area contributed by atoms with Crippen LogP contribution < -0.4 is 15.0 Å². The van der Waals surface area contributed by atoms with E-state index in [1.165, 1.54) is 6.33 Å². The Morgan fingerprint density at radius 1 is 1.12 bits per heavy atom. The van der Waals surface area contributed by atoms with Gasteiger partial charge in [0.1, 0.15) is 29.3 Å². The molecule has 0 radical (unpaired) electrons. The molecule has 0 saturated carbocycles. The molecule has 0 aliphatic carbocycles. The standard InChI is InChI=1S/C23H21N7O3/c1-14-9-15(10-17-20(14)28-12-25-17)32-19-11-18(26-13-27-19)30-7-4-23(5-8-30)16-3-2-6-24-21(16)29-22(31)33-23/h2-3,6,9-13H,4-5,7-8H2,1H3,(H,25,28)(H,24,29,31). The van der Waals surface area contributed by atoms with Crippen LogP contribution in [0.3, 0.4) is 0 Å². The van der Waals surface area contributed by atoms with Crippen molar-refractivity contribution < 1.29 is 14.3 Å². The van der Waals surface area contributed by atoms with Crippen LogP contribution in [0.4, 0.5) is 16.4 Å². The molecule has 1 fully saturated rings. The van der Waals surface area contributed by atoms with Gasteiger partial charge in [-0.05, 0) is 30.7 Å². The first kappa shape index (κ1) is 19.5. The molecule has 2 N–H and O–H groups in total. The van der Waals surface area contributed by atoms with Crippen molar-refractivity contribution in [1.82, 2.24) is 24.9 Å². The molecular weight excluding hydrogens is 422 g/mol. The molecule has 0 atom stereocenters. The number of fused-ring (bicyclic) bond motifs is 3. The number of pyridine rings is 1. The molecular formula is C23H21N7O3. The van der Waals surface area contributed by atoms with Gasteiger partial charge in [-0.2, -0.15) is 0 Å². The maximum atomic E-state index is 12.1. The summed E-state index contributed by atoms with van der Waals surface area (Å²) in [5.74, 6) is 2.46. The third-order valence-electron chi connectivity index (χ3n) is 6.25. The van der Waals surface area contributed by atoms with Crippen molar-refractivity contribution in [3.63, 3.8) is 0 Å². The topological polar surface area (TPSA) is 118 Å². The van der Waals surface area contributed by atoms with Gasteiger partial charge in [0, 0.05) is 49.8 Å². The Kier molecular flexibility index (Phi) is 4.39. The summed E-state index contributed by atoms with van der Waals surface area (Å²) in [4.78, 5) is 34.7. The molecule has 2 aliphatic heterocycles. The highest BCUT2D eigenvalue weighted by atomic mass is 16.6. The predicted octanol–water partition coefficient (Wildman–Crippen LogP) is 3.91. The molecule has 5 heterocycles. The molecule has 1 spiro atoms. The van der Waals surface area contributed by atoms with Crippen LogP contribution in [0.15, 0.2) is 49.2 Å². The van der Waals surface area contributed by atoms with Gasteiger partial charge in [0.15, 0.2) is 0 Å². The number of anilines is 2. The number of nitrogens with zero attached hydrogens (tertiary/aromatic N) is 5. The summed E-state index contributed by atoms with van der Waals surface area (Å²) < 4.78 is 11.8. The number of rotatable bonds is 3. The summed E-state index contributed by atoms with van der Waals surface area (Å²) in [7, 11) is 0. The molecule has 10 heteroatoms. The van der Waals surface area contributed by atoms with Crippen molar-refractivity contribution in [2.24, 2.45) is 0 Å². The molecule has 4 aromatic rings. The fourth-order valence-electron chi connectivity index (χ4n) is 4.63. The highest BCUT2D eigenvalue weighted by molar-refractivity contribution is 5.87. The van der Waals surface area contributed by atoms with Crippen LogP contribution in [0.25, 0.3) is 11.0 Å². The Bertz CT molecular complexity index is 1360. The Hall–Kier alpha value is -4.21. The number of carbonyl (C=O) groups is 1. The van der Waals surface area contributed by atoms with Gasteiger partial charge in [0.25, 0.3) is 0 Å². The number of hydrogen-bond acceptors (Lipinski definition) is 8. The Morgan fingerprint density at radius 2 is 2.00 bits per heavy atom. The first-order chi connectivity index (χ1) is 16.1. The first-order valence-corrected chi connectivity index (χ1v) is 10.7. The number of aromatic amines is 1. The summed E-state index contributed by atoms with van der Waals surface area (Å²) in [5.41, 5.74) is 3.11. The molecule has 166 valence electrons. The normalized spacial score (nSPS) is 16.9. The van der Waals surface area contributed by atoms with Gasteiger partial charge in [-0.15, -0.1) is 0 Å². The molecule has 33 heavy (non-hydrogen) atoms. The highest BCUT2D eigenvalue weighted by Gasteiger charge is 2.45. The van der Waals surface area contributed by atoms with Crippen molar-refractivity contribution >= 4 is 28.8 Å². The van der Waals surface area contributed by atoms with Crippen LogP contribution in [-0.4, -0.2) is 44.1 Å². The Balaban J connectivity index is 1.21. The number of ether oxygens (including phenoxy) is 2. The lowest BCUT2D eigenvalue weighted by atomic mass is 9.83. The Morgan fingerprint density at radius 3 is 2.88 bits per heavy atom. The molecule has 10 nitrogen and oxygen atoms in total. The average Bonchev–Trinajstić information content (AvgIpc) is 3.29. The van der Waals surface area contributed by atoms with Crippen molar-refractivity contribution in [1.29, 1.82) is 0 Å². The minimum atomic E-state index is -0.675. The number of nitrogens with one attached hydrogen (secondary N) is 2. The van der Waals surface area contributed by atoms with E-state index in [2.05, 4.69) is 35.1 Å². The number of imidazole rings is 1. The predicted molar refractivity (Wildman–Crippen MR) is 120 cm³/mol. The average molecular weight is 443 g/mol. The summed E-state index contributed by atoms with van der Waals surface area (Å²) in [6, 6.07) is 9.48. The second-order valence-electron chi connectivity index (χ2n) is 8.25. The number of amides is 1. The molecule has 3 aromatic heterocycles. The second kappa shape index (κ2) is 7.44. The summed E-state index contributed by atoms with van der Waals surface area (Å²) in [6.07, 6.45) is 5.64. The van der Waals surface area contributed by atoms with E-state index >= 15 is 0 Å². The fourth-order valence-corrected chi connectivity index (χ4v) is 4.63. The van der Waals surface area contributed by atoms with E-state index in [4.69, 9.17) is 9.47 Å². The smallest absolute Gasteiger partial charge is 0.413 e. The van der Waals surface area contributed by atoms with E-state index in [1.54, 1.807) is 12.5 Å². The summed E-state index contributed by atoms with van der Waals surface area (Å²) in [6.45, 7) is 3.33. The van der Waals surface area contributed by atoms with E-state index in [0.717, 1.165) is 28.0 Å². The zero-order valence-electron chi connectivity index (χ0n) is 17.9. The molecule has 1 aromatic carbocycles. The van der Waals surface area contributed by atoms with Gasteiger partial charge in [-0.25, -0.2) is 24.7 Å². The maximum Gasteiger partial charge on any atom is 0.413 e. The van der Waals surface area contributed by atoms with E-state index in [1.807, 2.05) is 37.3 Å². The van der Waals surface area contributed by atoms with Gasteiger partial charge in [0.2, 0.25) is 5.88 Å². The zero-order valence-corrected chi connectivity index (χ0v) is 17.9. The molecule has 1 amide bonds. The van der Waals surface area contributed by atoms with Crippen molar-refractivity contribution in [2.45, 2.75) is 25.4 Å². The number of aromatic nitrogens is 5. The van der Waals surface area contributed by atoms with Crippen LogP contribution in [0.5, 0.6) is 11.6 Å². The number of aryl methyl sites for hydroxylation is 1. The molecule has 0 bridgehead atoms. The molecule has 0 unspecified atom stereocenters. The minimum absolute atomic E-state index is 0.456. The summed E-state index contributed by atoms with van der Waals surface area (Å²) >= 11 is 0. The quantitative estimate of drug-likeness (QED) is 0.489. The van der Waals surface area contributed by atoms with E-state index in [-0.39, 0.29) is 0 Å². The van der Waals surface area contributed by atoms with Gasteiger partial charge < -0.3 is 19.4 Å². The van der Waals surface area contributed by atoms with Crippen molar-refractivity contribution in [3.8, 4) is 11.6 Å². The van der Waals surface area contributed by atoms with E-state index in [0.29, 0.717) is 43.4 Å². The summed E-state index contributed by atoms with van der Waals surface area (Å²) in [5, 5.41) is 2.69. The Labute approximate surface area is 189 Å². The zero-order chi connectivity index (χ0) is 22.4. The van der Waals surface area contributed by atoms with Gasteiger partial charge in [-0.1, -0.05) is 0 Å². The van der Waals surface area contributed by atoms with Crippen molar-refractivity contribution in [3.05, 3.63) is 60.3 Å². The second-order valence-corrected chi connectivity index (χ2v) is 8.25. The van der Waals surface area contributed by atoms with Gasteiger partial charge >= 0.3 is 6.09 Å². The lowest BCUT2D eigenvalue weighted by Gasteiger charge is -2.44. The van der Waals surface area contributed by atoms with Crippen LogP contribution in [-0.2, 0) is 10.3 Å². The number of benzene rings is 1. The van der Waals surface area contributed by atoms with E-state index < -0.39 is 11.7 Å². The minimum Gasteiger partial charge on any atom is -0.439 e. The van der Waals surface area contributed by atoms with Crippen LogP contribution in [0.1, 0.15) is 24.0 Å². The maximum absolute atomic E-state index is 12.1. The third-order valence-corrected chi connectivity index (χ3v) is 6.25. The molecule has 6 rings (SSSR count). The van der Waals surface area contributed by atoms with E-state index in [9.17, 15) is 4.79 Å². The lowest BCUT2D eigenvalue weighted by Crippen LogP contribution is -2.48. The fraction of sp³-hybridized carbons (Fsp3) is 0.261. The molecule has 1 saturated heterocycles. The van der Waals surface area contributed by atoms with Gasteiger partial charge in [0.05, 0.1) is 17.4 Å². The third kappa shape index (κ3) is 3.39. The number of carbonyl (C=O) groups excluding carboxylic acids is 1. The SMILES string of the molecule is Cc1cc(Oc2cc(N3CCC4(CC3)OC(=O)Nc3ncccc34)ncn2)cc2nc[nH]c12. The van der Waals surface area contributed by atoms with Crippen LogP contribution in [0.2, 0.25) is 0 Å². The van der Waals surface area contributed by atoms with Crippen molar-refractivity contribution in [2.75, 3.05) is 23.3 Å². The number of piperidine rings is 1. The van der Waals surface area contributed by atoms with Gasteiger partial charge in [-0.3, -0.25) is 5.32 Å². The number of H-pyrrole nitrogens is 1. The molecule has 2 aliphatic rings. The largest absolute Gasteiger partial charge is 0.439 e.